The highest BCUT2D eigenvalue weighted by molar-refractivity contribution is 9.12. The SMILES string of the molecule is CC(C)(O)CN/C=C(/Br)C(=N)C1CC1. The Bertz CT molecular complexity index is 251. The van der Waals surface area contributed by atoms with Gasteiger partial charge in [-0.25, -0.2) is 0 Å². The zero-order valence-corrected chi connectivity index (χ0v) is 10.2. The molecule has 0 aromatic carbocycles. The molecule has 3 N–H and O–H groups in total. The van der Waals surface area contributed by atoms with E-state index in [1.807, 2.05) is 0 Å². The molecule has 3 nitrogen and oxygen atoms in total. The number of rotatable bonds is 5. The Labute approximate surface area is 93.2 Å². The zero-order chi connectivity index (χ0) is 10.8. The van der Waals surface area contributed by atoms with Gasteiger partial charge in [0.05, 0.1) is 15.8 Å². The first-order valence-corrected chi connectivity index (χ1v) is 5.60. The lowest BCUT2D eigenvalue weighted by atomic mass is 10.1. The molecule has 1 rings (SSSR count). The molecule has 0 radical (unpaired) electrons. The van der Waals surface area contributed by atoms with E-state index in [4.69, 9.17) is 5.41 Å². The fourth-order valence-corrected chi connectivity index (χ4v) is 1.52. The van der Waals surface area contributed by atoms with Gasteiger partial charge in [-0.2, -0.15) is 0 Å². The number of nitrogens with one attached hydrogen (secondary N) is 2. The minimum atomic E-state index is -0.717. The predicted octanol–water partition coefficient (Wildman–Crippen LogP) is 2.01. The van der Waals surface area contributed by atoms with E-state index in [0.717, 1.165) is 17.3 Å². The van der Waals surface area contributed by atoms with Crippen LogP contribution in [0, 0.1) is 11.3 Å². The molecule has 0 spiro atoms. The summed E-state index contributed by atoms with van der Waals surface area (Å²) in [5.41, 5.74) is -0.0563. The van der Waals surface area contributed by atoms with Crippen LogP contribution in [0.15, 0.2) is 10.7 Å². The average Bonchev–Trinajstić information content (AvgIpc) is 2.82. The van der Waals surface area contributed by atoms with E-state index in [2.05, 4.69) is 21.2 Å². The van der Waals surface area contributed by atoms with Gasteiger partial charge in [0.1, 0.15) is 0 Å². The third-order valence-corrected chi connectivity index (χ3v) is 2.66. The molecule has 0 saturated heterocycles. The highest BCUT2D eigenvalue weighted by Crippen LogP contribution is 2.33. The van der Waals surface area contributed by atoms with Crippen LogP contribution in [0.25, 0.3) is 0 Å². The quantitative estimate of drug-likeness (QED) is 0.663. The second-order valence-corrected chi connectivity index (χ2v) is 5.23. The minimum Gasteiger partial charge on any atom is -0.389 e. The van der Waals surface area contributed by atoms with Crippen LogP contribution in [0.2, 0.25) is 0 Å². The van der Waals surface area contributed by atoms with Gasteiger partial charge in [-0.05, 0) is 42.6 Å². The van der Waals surface area contributed by atoms with E-state index in [0.29, 0.717) is 18.2 Å². The number of aliphatic hydroxyl groups is 1. The van der Waals surface area contributed by atoms with Crippen LogP contribution < -0.4 is 5.32 Å². The Morgan fingerprint density at radius 2 is 2.21 bits per heavy atom. The van der Waals surface area contributed by atoms with Crippen molar-refractivity contribution in [2.75, 3.05) is 6.54 Å². The number of hydrogen-bond donors (Lipinski definition) is 3. The van der Waals surface area contributed by atoms with Crippen molar-refractivity contribution < 1.29 is 5.11 Å². The Hall–Kier alpha value is -0.350. The number of allylic oxidation sites excluding steroid dienone is 1. The highest BCUT2D eigenvalue weighted by Gasteiger charge is 2.27. The molecular formula is C10H17BrN2O. The summed E-state index contributed by atoms with van der Waals surface area (Å²) in [5.74, 6) is 0.449. The van der Waals surface area contributed by atoms with E-state index < -0.39 is 5.60 Å². The largest absolute Gasteiger partial charge is 0.389 e. The van der Waals surface area contributed by atoms with Gasteiger partial charge in [0, 0.05) is 18.7 Å². The van der Waals surface area contributed by atoms with Gasteiger partial charge < -0.3 is 15.8 Å². The molecular weight excluding hydrogens is 244 g/mol. The van der Waals surface area contributed by atoms with Gasteiger partial charge in [0.15, 0.2) is 0 Å². The summed E-state index contributed by atoms with van der Waals surface area (Å²) in [7, 11) is 0. The van der Waals surface area contributed by atoms with Crippen molar-refractivity contribution in [2.24, 2.45) is 5.92 Å². The van der Waals surface area contributed by atoms with Crippen LogP contribution in [0.5, 0.6) is 0 Å². The van der Waals surface area contributed by atoms with Crippen LogP contribution in [0.3, 0.4) is 0 Å². The lowest BCUT2D eigenvalue weighted by molar-refractivity contribution is 0.0835. The molecule has 1 aliphatic rings. The fourth-order valence-electron chi connectivity index (χ4n) is 1.04. The van der Waals surface area contributed by atoms with Crippen LogP contribution >= 0.6 is 15.9 Å². The van der Waals surface area contributed by atoms with Crippen molar-refractivity contribution in [1.82, 2.24) is 5.32 Å². The standard InChI is InChI=1S/C10H17BrN2O/c1-10(2,14)6-13-5-8(11)9(12)7-3-4-7/h5,7,12-14H,3-4,6H2,1-2H3/b8-5+,12-9?. The molecule has 0 aliphatic heterocycles. The highest BCUT2D eigenvalue weighted by atomic mass is 79.9. The Morgan fingerprint density at radius 1 is 1.64 bits per heavy atom. The monoisotopic (exact) mass is 260 g/mol. The van der Waals surface area contributed by atoms with E-state index >= 15 is 0 Å². The summed E-state index contributed by atoms with van der Waals surface area (Å²) >= 11 is 3.34. The van der Waals surface area contributed by atoms with Crippen LogP contribution in [-0.2, 0) is 0 Å². The van der Waals surface area contributed by atoms with Crippen molar-refractivity contribution in [3.05, 3.63) is 10.7 Å². The maximum absolute atomic E-state index is 9.43. The van der Waals surface area contributed by atoms with E-state index in [9.17, 15) is 5.11 Å². The van der Waals surface area contributed by atoms with Crippen molar-refractivity contribution in [1.29, 1.82) is 5.41 Å². The lowest BCUT2D eigenvalue weighted by Crippen LogP contribution is -2.32. The molecule has 1 fully saturated rings. The molecule has 0 bridgehead atoms. The minimum absolute atomic E-state index is 0.449. The maximum atomic E-state index is 9.43. The summed E-state index contributed by atoms with van der Waals surface area (Å²) in [4.78, 5) is 0. The normalized spacial score (nSPS) is 18.1. The van der Waals surface area contributed by atoms with E-state index in [1.54, 1.807) is 20.0 Å². The topological polar surface area (TPSA) is 56.1 Å². The molecule has 0 heterocycles. The Morgan fingerprint density at radius 3 is 2.64 bits per heavy atom. The first-order valence-electron chi connectivity index (χ1n) is 4.80. The number of halogens is 1. The van der Waals surface area contributed by atoms with Crippen molar-refractivity contribution in [3.8, 4) is 0 Å². The van der Waals surface area contributed by atoms with Gasteiger partial charge in [-0.15, -0.1) is 0 Å². The first-order chi connectivity index (χ1) is 6.40. The smallest absolute Gasteiger partial charge is 0.0763 e. The molecule has 80 valence electrons. The first kappa shape index (κ1) is 11.7. The molecule has 14 heavy (non-hydrogen) atoms. The van der Waals surface area contributed by atoms with Gasteiger partial charge in [-0.1, -0.05) is 0 Å². The summed E-state index contributed by atoms with van der Waals surface area (Å²) in [6.07, 6.45) is 4.01. The molecule has 0 atom stereocenters. The summed E-state index contributed by atoms with van der Waals surface area (Å²) in [6, 6.07) is 0. The molecule has 0 aromatic rings. The van der Waals surface area contributed by atoms with Gasteiger partial charge in [-0.3, -0.25) is 0 Å². The van der Waals surface area contributed by atoms with Crippen LogP contribution in [-0.4, -0.2) is 23.0 Å². The molecule has 4 heteroatoms. The summed E-state index contributed by atoms with van der Waals surface area (Å²) in [5, 5.41) is 20.1. The molecule has 0 aromatic heterocycles. The maximum Gasteiger partial charge on any atom is 0.0763 e. The molecule has 1 saturated carbocycles. The van der Waals surface area contributed by atoms with E-state index in [1.165, 1.54) is 0 Å². The van der Waals surface area contributed by atoms with Crippen LogP contribution in [0.1, 0.15) is 26.7 Å². The molecule has 1 aliphatic carbocycles. The average molecular weight is 261 g/mol. The number of hydrogen-bond acceptors (Lipinski definition) is 3. The second-order valence-electron chi connectivity index (χ2n) is 4.37. The second kappa shape index (κ2) is 4.45. The third kappa shape index (κ3) is 4.24. The van der Waals surface area contributed by atoms with Gasteiger partial charge in [0.25, 0.3) is 0 Å². The van der Waals surface area contributed by atoms with Crippen molar-refractivity contribution in [2.45, 2.75) is 32.3 Å². The van der Waals surface area contributed by atoms with Crippen molar-refractivity contribution >= 4 is 21.6 Å². The fraction of sp³-hybridized carbons (Fsp3) is 0.700. The van der Waals surface area contributed by atoms with Gasteiger partial charge >= 0.3 is 0 Å². The molecule has 0 unspecified atom stereocenters. The molecule has 0 amide bonds. The third-order valence-electron chi connectivity index (χ3n) is 2.01. The summed E-state index contributed by atoms with van der Waals surface area (Å²) in [6.45, 7) is 3.97. The summed E-state index contributed by atoms with van der Waals surface area (Å²) < 4.78 is 0.796. The van der Waals surface area contributed by atoms with Gasteiger partial charge in [0.2, 0.25) is 0 Å². The van der Waals surface area contributed by atoms with Crippen LogP contribution in [0.4, 0.5) is 0 Å². The lowest BCUT2D eigenvalue weighted by Gasteiger charge is -2.16. The zero-order valence-electron chi connectivity index (χ0n) is 8.60. The van der Waals surface area contributed by atoms with E-state index in [-0.39, 0.29) is 0 Å². The van der Waals surface area contributed by atoms with Crippen molar-refractivity contribution in [3.63, 3.8) is 0 Å². The predicted molar refractivity (Wildman–Crippen MR) is 61.8 cm³/mol. The Kier molecular flexibility index (Phi) is 3.72. The Balaban J connectivity index is 2.32.